The van der Waals surface area contributed by atoms with Crippen molar-refractivity contribution in [2.75, 3.05) is 0 Å². The first-order valence-electron chi connectivity index (χ1n) is 3.09. The van der Waals surface area contributed by atoms with Crippen molar-refractivity contribution in [3.05, 3.63) is 30.1 Å². The van der Waals surface area contributed by atoms with Gasteiger partial charge < -0.3 is 4.74 Å². The van der Waals surface area contributed by atoms with E-state index in [9.17, 15) is 4.79 Å². The van der Waals surface area contributed by atoms with Gasteiger partial charge in [-0.2, -0.15) is 0 Å². The summed E-state index contributed by atoms with van der Waals surface area (Å²) in [5, 5.41) is 0. The normalized spacial score (nSPS) is 12.1. The van der Waals surface area contributed by atoms with E-state index in [1.165, 1.54) is 0 Å². The van der Waals surface area contributed by atoms with Gasteiger partial charge in [0, 0.05) is 18.0 Å². The molecule has 1 aromatic heterocycles. The van der Waals surface area contributed by atoms with Gasteiger partial charge in [0.2, 0.25) is 0 Å². The minimum Gasteiger partial charge on any atom is -0.445 e. The average Bonchev–Trinajstić information content (AvgIpc) is 2.07. The van der Waals surface area contributed by atoms with Gasteiger partial charge in [0.25, 0.3) is 6.47 Å². The second kappa shape index (κ2) is 3.68. The summed E-state index contributed by atoms with van der Waals surface area (Å²) in [5.41, 5.74) is 6.15. The lowest BCUT2D eigenvalue weighted by atomic mass is 10.2. The molecule has 0 radical (unpaired) electrons. The summed E-state index contributed by atoms with van der Waals surface area (Å²) in [6.07, 6.45) is 2.49. The molecule has 11 heavy (non-hydrogen) atoms. The Bertz CT molecular complexity index is 225. The van der Waals surface area contributed by atoms with E-state index in [2.05, 4.69) is 9.72 Å². The zero-order chi connectivity index (χ0) is 8.10. The predicted molar refractivity (Wildman–Crippen MR) is 38.3 cm³/mol. The van der Waals surface area contributed by atoms with Gasteiger partial charge in [0.05, 0.1) is 0 Å². The fourth-order valence-electron chi connectivity index (χ4n) is 0.692. The van der Waals surface area contributed by atoms with Gasteiger partial charge in [0.15, 0.2) is 6.23 Å². The Balaban J connectivity index is 2.68. The molecule has 1 unspecified atom stereocenters. The Morgan fingerprint density at radius 3 is 2.73 bits per heavy atom. The molecule has 0 aliphatic heterocycles. The number of nitrogens with zero attached hydrogens (tertiary/aromatic N) is 1. The van der Waals surface area contributed by atoms with E-state index in [0.717, 1.165) is 5.56 Å². The summed E-state index contributed by atoms with van der Waals surface area (Å²) in [5.74, 6) is 0. The van der Waals surface area contributed by atoms with E-state index in [0.29, 0.717) is 6.47 Å². The molecule has 2 N–H and O–H groups in total. The number of hydrogen-bond acceptors (Lipinski definition) is 4. The number of carbonyl (C=O) groups excluding carboxylic acids is 1. The van der Waals surface area contributed by atoms with E-state index in [1.807, 2.05) is 0 Å². The highest BCUT2D eigenvalue weighted by Gasteiger charge is 2.03. The van der Waals surface area contributed by atoms with Crippen LogP contribution in [0.5, 0.6) is 0 Å². The molecular formula is C7H8N2O2. The van der Waals surface area contributed by atoms with Crippen molar-refractivity contribution < 1.29 is 9.53 Å². The van der Waals surface area contributed by atoms with Crippen molar-refractivity contribution >= 4 is 6.47 Å². The minimum atomic E-state index is -0.685. The second-order valence-corrected chi connectivity index (χ2v) is 1.93. The van der Waals surface area contributed by atoms with Crippen LogP contribution in [0, 0.1) is 0 Å². The molecule has 58 valence electrons. The summed E-state index contributed by atoms with van der Waals surface area (Å²) in [7, 11) is 0. The van der Waals surface area contributed by atoms with E-state index < -0.39 is 6.23 Å². The van der Waals surface area contributed by atoms with Gasteiger partial charge in [-0.3, -0.25) is 15.5 Å². The number of hydrogen-bond donors (Lipinski definition) is 1. The fourth-order valence-corrected chi connectivity index (χ4v) is 0.692. The standard InChI is InChI=1S/C7H8N2O2/c8-7(11-5-10)6-1-3-9-4-2-6/h1-5,7H,8H2. The Kier molecular flexibility index (Phi) is 2.57. The average molecular weight is 152 g/mol. The highest BCUT2D eigenvalue weighted by atomic mass is 16.5. The molecule has 0 fully saturated rings. The van der Waals surface area contributed by atoms with Crippen LogP contribution in [0.25, 0.3) is 0 Å². The van der Waals surface area contributed by atoms with Crippen LogP contribution < -0.4 is 5.73 Å². The quantitative estimate of drug-likeness (QED) is 0.496. The smallest absolute Gasteiger partial charge is 0.294 e. The first-order chi connectivity index (χ1) is 5.34. The molecule has 4 nitrogen and oxygen atoms in total. The summed E-state index contributed by atoms with van der Waals surface area (Å²) in [6.45, 7) is 0.324. The molecule has 1 rings (SSSR count). The third kappa shape index (κ3) is 2.01. The van der Waals surface area contributed by atoms with Crippen LogP contribution in [0.1, 0.15) is 11.8 Å². The van der Waals surface area contributed by atoms with Gasteiger partial charge in [-0.1, -0.05) is 0 Å². The lowest BCUT2D eigenvalue weighted by Crippen LogP contribution is -2.13. The van der Waals surface area contributed by atoms with Crippen LogP contribution >= 0.6 is 0 Å². The molecular weight excluding hydrogens is 144 g/mol. The summed E-state index contributed by atoms with van der Waals surface area (Å²) >= 11 is 0. The van der Waals surface area contributed by atoms with Crippen molar-refractivity contribution in [1.29, 1.82) is 0 Å². The molecule has 1 atom stereocenters. The maximum absolute atomic E-state index is 9.87. The second-order valence-electron chi connectivity index (χ2n) is 1.93. The van der Waals surface area contributed by atoms with E-state index >= 15 is 0 Å². The minimum absolute atomic E-state index is 0.324. The van der Waals surface area contributed by atoms with Crippen LogP contribution in [-0.4, -0.2) is 11.5 Å². The largest absolute Gasteiger partial charge is 0.445 e. The maximum Gasteiger partial charge on any atom is 0.294 e. The summed E-state index contributed by atoms with van der Waals surface area (Å²) < 4.78 is 4.50. The number of rotatable bonds is 3. The van der Waals surface area contributed by atoms with Crippen molar-refractivity contribution in [3.63, 3.8) is 0 Å². The first kappa shape index (κ1) is 7.68. The molecule has 1 heterocycles. The van der Waals surface area contributed by atoms with Gasteiger partial charge in [-0.25, -0.2) is 0 Å². The van der Waals surface area contributed by atoms with Gasteiger partial charge >= 0.3 is 0 Å². The van der Waals surface area contributed by atoms with E-state index in [4.69, 9.17) is 5.73 Å². The van der Waals surface area contributed by atoms with Gasteiger partial charge in [0.1, 0.15) is 0 Å². The van der Waals surface area contributed by atoms with Crippen molar-refractivity contribution in [2.45, 2.75) is 6.23 Å². The van der Waals surface area contributed by atoms with E-state index in [1.54, 1.807) is 24.5 Å². The maximum atomic E-state index is 9.87. The van der Waals surface area contributed by atoms with E-state index in [-0.39, 0.29) is 0 Å². The van der Waals surface area contributed by atoms with Crippen LogP contribution in [0.15, 0.2) is 24.5 Å². The lowest BCUT2D eigenvalue weighted by Gasteiger charge is -2.07. The summed E-state index contributed by atoms with van der Waals surface area (Å²) in [4.78, 5) is 13.7. The zero-order valence-electron chi connectivity index (χ0n) is 5.81. The number of carbonyl (C=O) groups is 1. The highest BCUT2D eigenvalue weighted by molar-refractivity contribution is 5.38. The monoisotopic (exact) mass is 152 g/mol. The number of pyridine rings is 1. The topological polar surface area (TPSA) is 65.2 Å². The molecule has 0 amide bonds. The predicted octanol–water partition coefficient (Wildman–Crippen LogP) is 0.212. The Morgan fingerprint density at radius 2 is 2.18 bits per heavy atom. The van der Waals surface area contributed by atoms with Crippen LogP contribution in [-0.2, 0) is 9.53 Å². The van der Waals surface area contributed by atoms with Crippen LogP contribution in [0.3, 0.4) is 0 Å². The summed E-state index contributed by atoms with van der Waals surface area (Å²) in [6, 6.07) is 3.38. The molecule has 0 spiro atoms. The van der Waals surface area contributed by atoms with Crippen LogP contribution in [0.4, 0.5) is 0 Å². The fraction of sp³-hybridized carbons (Fsp3) is 0.143. The molecule has 0 saturated carbocycles. The Hall–Kier alpha value is -1.42. The Morgan fingerprint density at radius 1 is 1.55 bits per heavy atom. The lowest BCUT2D eigenvalue weighted by molar-refractivity contribution is -0.133. The molecule has 4 heteroatoms. The number of aromatic nitrogens is 1. The molecule has 1 aromatic rings. The first-order valence-corrected chi connectivity index (χ1v) is 3.09. The molecule has 0 bridgehead atoms. The van der Waals surface area contributed by atoms with Crippen molar-refractivity contribution in [2.24, 2.45) is 5.73 Å². The third-order valence-corrected chi connectivity index (χ3v) is 1.24. The Labute approximate surface area is 64.0 Å². The van der Waals surface area contributed by atoms with Crippen molar-refractivity contribution in [1.82, 2.24) is 4.98 Å². The van der Waals surface area contributed by atoms with Crippen LogP contribution in [0.2, 0.25) is 0 Å². The molecule has 0 aromatic carbocycles. The third-order valence-electron chi connectivity index (χ3n) is 1.24. The van der Waals surface area contributed by atoms with Crippen molar-refractivity contribution in [3.8, 4) is 0 Å². The van der Waals surface area contributed by atoms with Gasteiger partial charge in [-0.15, -0.1) is 0 Å². The highest BCUT2D eigenvalue weighted by Crippen LogP contribution is 2.07. The molecule has 0 saturated heterocycles. The molecule has 0 aliphatic rings. The number of nitrogens with two attached hydrogens (primary N) is 1. The number of ether oxygens (including phenoxy) is 1. The SMILES string of the molecule is NC(OC=O)c1ccncc1. The van der Waals surface area contributed by atoms with Gasteiger partial charge in [-0.05, 0) is 12.1 Å². The molecule has 0 aliphatic carbocycles. The zero-order valence-corrected chi connectivity index (χ0v) is 5.81.